The molecule has 4 nitrogen and oxygen atoms in total. The molecule has 1 fully saturated rings. The van der Waals surface area contributed by atoms with Gasteiger partial charge in [0.25, 0.3) is 11.1 Å². The number of carbonyl (C=O) groups excluding carboxylic acids is 2. The van der Waals surface area contributed by atoms with E-state index in [-0.39, 0.29) is 17.7 Å². The van der Waals surface area contributed by atoms with Gasteiger partial charge in [0.15, 0.2) is 0 Å². The SMILES string of the molecule is COc1cc(/C=C2/SC(=O)N(Cc3ccccc3Cl)C2=O)ccc1C. The van der Waals surface area contributed by atoms with E-state index in [9.17, 15) is 9.59 Å². The van der Waals surface area contributed by atoms with Crippen molar-refractivity contribution in [3.8, 4) is 5.75 Å². The molecule has 0 N–H and O–H groups in total. The van der Waals surface area contributed by atoms with Gasteiger partial charge in [-0.1, -0.05) is 41.9 Å². The van der Waals surface area contributed by atoms with Gasteiger partial charge in [-0.05, 0) is 53.6 Å². The fourth-order valence-corrected chi connectivity index (χ4v) is 3.54. The molecule has 2 aromatic rings. The van der Waals surface area contributed by atoms with Crippen molar-refractivity contribution in [1.82, 2.24) is 4.90 Å². The van der Waals surface area contributed by atoms with Crippen molar-refractivity contribution in [1.29, 1.82) is 0 Å². The Hall–Kier alpha value is -2.24. The topological polar surface area (TPSA) is 46.6 Å². The van der Waals surface area contributed by atoms with Crippen molar-refractivity contribution in [3.05, 3.63) is 69.1 Å². The van der Waals surface area contributed by atoms with E-state index >= 15 is 0 Å². The second-order valence-electron chi connectivity index (χ2n) is 5.59. The van der Waals surface area contributed by atoms with E-state index in [0.717, 1.165) is 34.2 Å². The summed E-state index contributed by atoms with van der Waals surface area (Å²) in [7, 11) is 1.60. The molecule has 0 spiro atoms. The summed E-state index contributed by atoms with van der Waals surface area (Å²) >= 11 is 7.06. The van der Waals surface area contributed by atoms with Gasteiger partial charge in [-0.15, -0.1) is 0 Å². The molecular formula is C19H16ClNO3S. The molecule has 0 unspecified atom stereocenters. The van der Waals surface area contributed by atoms with E-state index in [1.165, 1.54) is 4.90 Å². The molecule has 1 aliphatic heterocycles. The lowest BCUT2D eigenvalue weighted by Gasteiger charge is -2.13. The number of thioether (sulfide) groups is 1. The Labute approximate surface area is 155 Å². The highest BCUT2D eigenvalue weighted by Gasteiger charge is 2.35. The maximum atomic E-state index is 12.6. The quantitative estimate of drug-likeness (QED) is 0.715. The molecule has 0 saturated carbocycles. The van der Waals surface area contributed by atoms with E-state index in [0.29, 0.717) is 9.93 Å². The van der Waals surface area contributed by atoms with E-state index in [1.807, 2.05) is 37.3 Å². The molecule has 2 aromatic carbocycles. The Morgan fingerprint density at radius 2 is 1.96 bits per heavy atom. The maximum absolute atomic E-state index is 12.6. The van der Waals surface area contributed by atoms with Crippen LogP contribution in [0.3, 0.4) is 0 Å². The second-order valence-corrected chi connectivity index (χ2v) is 6.99. The highest BCUT2D eigenvalue weighted by molar-refractivity contribution is 8.18. The number of halogens is 1. The first kappa shape index (κ1) is 17.6. The molecule has 0 radical (unpaired) electrons. The summed E-state index contributed by atoms with van der Waals surface area (Å²) in [5, 5.41) is 0.240. The molecule has 6 heteroatoms. The third-order valence-corrected chi connectivity index (χ3v) is 5.17. The van der Waals surface area contributed by atoms with Gasteiger partial charge in [0.05, 0.1) is 18.6 Å². The Balaban J connectivity index is 1.85. The number of hydrogen-bond acceptors (Lipinski definition) is 4. The van der Waals surface area contributed by atoms with Crippen molar-refractivity contribution in [2.45, 2.75) is 13.5 Å². The minimum Gasteiger partial charge on any atom is -0.496 e. The van der Waals surface area contributed by atoms with Gasteiger partial charge in [0, 0.05) is 5.02 Å². The van der Waals surface area contributed by atoms with Crippen LogP contribution >= 0.6 is 23.4 Å². The number of carbonyl (C=O) groups is 2. The predicted molar refractivity (Wildman–Crippen MR) is 101 cm³/mol. The lowest BCUT2D eigenvalue weighted by atomic mass is 10.1. The number of amides is 2. The lowest BCUT2D eigenvalue weighted by Crippen LogP contribution is -2.27. The van der Waals surface area contributed by atoms with Gasteiger partial charge in [-0.2, -0.15) is 0 Å². The number of hydrogen-bond donors (Lipinski definition) is 0. The van der Waals surface area contributed by atoms with Crippen LogP contribution in [0.1, 0.15) is 16.7 Å². The van der Waals surface area contributed by atoms with E-state index in [2.05, 4.69) is 0 Å². The predicted octanol–water partition coefficient (Wildman–Crippen LogP) is 4.89. The monoisotopic (exact) mass is 373 g/mol. The van der Waals surface area contributed by atoms with Gasteiger partial charge in [0.1, 0.15) is 5.75 Å². The molecule has 25 heavy (non-hydrogen) atoms. The standard InChI is InChI=1S/C19H16ClNO3S/c1-12-7-8-13(9-16(12)24-2)10-17-18(22)21(19(23)25-17)11-14-5-3-4-6-15(14)20/h3-10H,11H2,1-2H3/b17-10+. The summed E-state index contributed by atoms with van der Waals surface area (Å²) in [6, 6.07) is 12.8. The van der Waals surface area contributed by atoms with Gasteiger partial charge in [-0.3, -0.25) is 14.5 Å². The highest BCUT2D eigenvalue weighted by atomic mass is 35.5. The summed E-state index contributed by atoms with van der Waals surface area (Å²) in [5.74, 6) is 0.429. The molecule has 0 aromatic heterocycles. The Kier molecular flexibility index (Phi) is 5.16. The smallest absolute Gasteiger partial charge is 0.293 e. The molecule has 0 bridgehead atoms. The Bertz CT molecular complexity index is 879. The fourth-order valence-electron chi connectivity index (χ4n) is 2.51. The van der Waals surface area contributed by atoms with Crippen molar-refractivity contribution in [2.24, 2.45) is 0 Å². The van der Waals surface area contributed by atoms with Gasteiger partial charge < -0.3 is 4.74 Å². The Morgan fingerprint density at radius 3 is 2.68 bits per heavy atom. The van der Waals surface area contributed by atoms with Crippen LogP contribution in [0.25, 0.3) is 6.08 Å². The number of ether oxygens (including phenoxy) is 1. The van der Waals surface area contributed by atoms with Gasteiger partial charge in [-0.25, -0.2) is 0 Å². The van der Waals surface area contributed by atoms with Crippen molar-refractivity contribution in [3.63, 3.8) is 0 Å². The van der Waals surface area contributed by atoms with Crippen LogP contribution in [0.5, 0.6) is 5.75 Å². The minimum atomic E-state index is -0.311. The zero-order chi connectivity index (χ0) is 18.0. The first-order valence-corrected chi connectivity index (χ1v) is 8.82. The largest absolute Gasteiger partial charge is 0.496 e. The molecule has 0 atom stereocenters. The average molecular weight is 374 g/mol. The summed E-state index contributed by atoms with van der Waals surface area (Å²) in [6.07, 6.45) is 1.71. The first-order valence-electron chi connectivity index (χ1n) is 7.63. The maximum Gasteiger partial charge on any atom is 0.293 e. The van der Waals surface area contributed by atoms with Crippen LogP contribution < -0.4 is 4.74 Å². The van der Waals surface area contributed by atoms with Crippen LogP contribution in [0.4, 0.5) is 4.79 Å². The number of benzene rings is 2. The zero-order valence-electron chi connectivity index (χ0n) is 13.8. The third kappa shape index (κ3) is 3.72. The number of imide groups is 1. The van der Waals surface area contributed by atoms with Crippen LogP contribution in [0.2, 0.25) is 5.02 Å². The molecule has 0 aliphatic carbocycles. The van der Waals surface area contributed by atoms with Gasteiger partial charge in [0.2, 0.25) is 0 Å². The van der Waals surface area contributed by atoms with Crippen molar-refractivity contribution < 1.29 is 14.3 Å². The van der Waals surface area contributed by atoms with Crippen LogP contribution in [-0.2, 0) is 11.3 Å². The summed E-state index contributed by atoms with van der Waals surface area (Å²) in [4.78, 5) is 26.4. The number of aryl methyl sites for hydroxylation is 1. The van der Waals surface area contributed by atoms with E-state index < -0.39 is 0 Å². The average Bonchev–Trinajstić information content (AvgIpc) is 2.86. The number of nitrogens with zero attached hydrogens (tertiary/aromatic N) is 1. The summed E-state index contributed by atoms with van der Waals surface area (Å²) < 4.78 is 5.30. The minimum absolute atomic E-state index is 0.166. The van der Waals surface area contributed by atoms with Crippen molar-refractivity contribution in [2.75, 3.05) is 7.11 Å². The van der Waals surface area contributed by atoms with Crippen LogP contribution in [0.15, 0.2) is 47.4 Å². The zero-order valence-corrected chi connectivity index (χ0v) is 15.4. The highest BCUT2D eigenvalue weighted by Crippen LogP contribution is 2.34. The molecular weight excluding hydrogens is 358 g/mol. The Morgan fingerprint density at radius 1 is 1.20 bits per heavy atom. The molecule has 3 rings (SSSR count). The van der Waals surface area contributed by atoms with E-state index in [1.54, 1.807) is 25.3 Å². The second kappa shape index (κ2) is 7.33. The molecule has 1 saturated heterocycles. The molecule has 2 amide bonds. The first-order chi connectivity index (χ1) is 12.0. The van der Waals surface area contributed by atoms with E-state index in [4.69, 9.17) is 16.3 Å². The summed E-state index contributed by atoms with van der Waals surface area (Å²) in [6.45, 7) is 2.11. The summed E-state index contributed by atoms with van der Waals surface area (Å²) in [5.41, 5.74) is 2.56. The van der Waals surface area contributed by atoms with Crippen LogP contribution in [0, 0.1) is 6.92 Å². The van der Waals surface area contributed by atoms with Gasteiger partial charge >= 0.3 is 0 Å². The lowest BCUT2D eigenvalue weighted by molar-refractivity contribution is -0.123. The normalized spacial score (nSPS) is 16.0. The van der Waals surface area contributed by atoms with Crippen LogP contribution in [-0.4, -0.2) is 23.2 Å². The molecule has 1 heterocycles. The number of methoxy groups -OCH3 is 1. The molecule has 1 aliphatic rings. The van der Waals surface area contributed by atoms with Crippen molar-refractivity contribution >= 4 is 40.6 Å². The molecule has 128 valence electrons. The third-order valence-electron chi connectivity index (χ3n) is 3.89. The fraction of sp³-hybridized carbons (Fsp3) is 0.158. The number of rotatable bonds is 4.